The first kappa shape index (κ1) is 16.4. The number of hydrogen-bond donors (Lipinski definition) is 2. The molecule has 0 aromatic rings. The van der Waals surface area contributed by atoms with E-state index in [1.165, 1.54) is 7.11 Å². The summed E-state index contributed by atoms with van der Waals surface area (Å²) in [6.45, 7) is 3.76. The van der Waals surface area contributed by atoms with Crippen LogP contribution in [0.1, 0.15) is 32.6 Å². The largest absolute Gasteiger partial charge is 0.469 e. The lowest BCUT2D eigenvalue weighted by atomic mass is 9.94. The van der Waals surface area contributed by atoms with Gasteiger partial charge in [0.15, 0.2) is 0 Å². The molecule has 0 amide bonds. The normalized spacial score (nSPS) is 21.9. The minimum Gasteiger partial charge on any atom is -0.469 e. The quantitative estimate of drug-likeness (QED) is 0.657. The van der Waals surface area contributed by atoms with Gasteiger partial charge >= 0.3 is 5.97 Å². The van der Waals surface area contributed by atoms with Gasteiger partial charge in [-0.25, -0.2) is 13.1 Å². The third-order valence-corrected chi connectivity index (χ3v) is 4.99. The lowest BCUT2D eigenvalue weighted by Crippen LogP contribution is -2.45. The molecule has 1 aliphatic rings. The van der Waals surface area contributed by atoms with E-state index in [9.17, 15) is 13.2 Å². The van der Waals surface area contributed by atoms with Crippen LogP contribution in [0.3, 0.4) is 0 Å². The smallest absolute Gasteiger partial charge is 0.305 e. The maximum absolute atomic E-state index is 11.9. The van der Waals surface area contributed by atoms with E-state index in [1.807, 2.05) is 6.92 Å². The molecule has 0 radical (unpaired) electrons. The highest BCUT2D eigenvalue weighted by atomic mass is 32.2. The van der Waals surface area contributed by atoms with Crippen LogP contribution < -0.4 is 10.0 Å². The number of rotatable bonds is 7. The Kier molecular flexibility index (Phi) is 6.74. The molecular formula is C12H24N2O4S. The number of esters is 1. The summed E-state index contributed by atoms with van der Waals surface area (Å²) >= 11 is 0. The minimum atomic E-state index is -3.32. The molecule has 0 aromatic heterocycles. The van der Waals surface area contributed by atoms with Gasteiger partial charge in [0.2, 0.25) is 10.0 Å². The average Bonchev–Trinajstić information content (AvgIpc) is 2.38. The van der Waals surface area contributed by atoms with Gasteiger partial charge in [-0.1, -0.05) is 0 Å². The number of carbonyl (C=O) groups excluding carboxylic acids is 1. The van der Waals surface area contributed by atoms with E-state index in [0.29, 0.717) is 5.92 Å². The van der Waals surface area contributed by atoms with Crippen LogP contribution in [-0.4, -0.2) is 46.4 Å². The molecule has 1 saturated heterocycles. The first-order valence-electron chi connectivity index (χ1n) is 6.72. The predicted molar refractivity (Wildman–Crippen MR) is 73.2 cm³/mol. The molecule has 1 heterocycles. The number of hydrogen-bond acceptors (Lipinski definition) is 5. The molecule has 0 aliphatic carbocycles. The zero-order chi connectivity index (χ0) is 14.3. The summed E-state index contributed by atoms with van der Waals surface area (Å²) in [5.74, 6) is -0.0732. The molecule has 0 bridgehead atoms. The summed E-state index contributed by atoms with van der Waals surface area (Å²) in [5.41, 5.74) is 0. The van der Waals surface area contributed by atoms with Crippen molar-refractivity contribution < 1.29 is 17.9 Å². The molecule has 0 spiro atoms. The highest BCUT2D eigenvalue weighted by molar-refractivity contribution is 7.89. The molecule has 2 atom stereocenters. The molecule has 0 saturated carbocycles. The van der Waals surface area contributed by atoms with Crippen molar-refractivity contribution in [3.8, 4) is 0 Å². The fraction of sp³-hybridized carbons (Fsp3) is 0.917. The third kappa shape index (κ3) is 6.35. The van der Waals surface area contributed by atoms with Crippen molar-refractivity contribution in [3.63, 3.8) is 0 Å². The molecule has 2 unspecified atom stereocenters. The summed E-state index contributed by atoms with van der Waals surface area (Å²) < 4.78 is 30.9. The average molecular weight is 292 g/mol. The van der Waals surface area contributed by atoms with Crippen LogP contribution in [0.5, 0.6) is 0 Å². The van der Waals surface area contributed by atoms with Crippen LogP contribution in [-0.2, 0) is 19.6 Å². The van der Waals surface area contributed by atoms with E-state index >= 15 is 0 Å². The van der Waals surface area contributed by atoms with E-state index in [0.717, 1.165) is 25.9 Å². The van der Waals surface area contributed by atoms with E-state index in [-0.39, 0.29) is 30.6 Å². The lowest BCUT2D eigenvalue weighted by molar-refractivity contribution is -0.140. The van der Waals surface area contributed by atoms with Crippen molar-refractivity contribution >= 4 is 16.0 Å². The molecule has 112 valence electrons. The Labute approximate surface area is 115 Å². The van der Waals surface area contributed by atoms with E-state index in [4.69, 9.17) is 0 Å². The molecule has 1 aliphatic heterocycles. The molecule has 6 nitrogen and oxygen atoms in total. The Balaban J connectivity index is 2.34. The second-order valence-electron chi connectivity index (χ2n) is 5.01. The zero-order valence-corrected chi connectivity index (χ0v) is 12.5. The van der Waals surface area contributed by atoms with Gasteiger partial charge in [-0.2, -0.15) is 0 Å². The van der Waals surface area contributed by atoms with Gasteiger partial charge in [-0.15, -0.1) is 0 Å². The van der Waals surface area contributed by atoms with E-state index in [2.05, 4.69) is 14.8 Å². The van der Waals surface area contributed by atoms with Crippen molar-refractivity contribution in [2.75, 3.05) is 26.0 Å². The standard InChI is InChI=1S/C12H24N2O4S/c1-10(11-5-3-7-13-9-11)14-19(16,17)8-4-6-12(15)18-2/h10-11,13-14H,3-9H2,1-2H3. The van der Waals surface area contributed by atoms with Gasteiger partial charge in [0.25, 0.3) is 0 Å². The van der Waals surface area contributed by atoms with Gasteiger partial charge in [-0.05, 0) is 45.2 Å². The molecular weight excluding hydrogens is 268 g/mol. The van der Waals surface area contributed by atoms with Crippen molar-refractivity contribution in [2.45, 2.75) is 38.6 Å². The second-order valence-corrected chi connectivity index (χ2v) is 6.88. The second kappa shape index (κ2) is 7.81. The van der Waals surface area contributed by atoms with Crippen molar-refractivity contribution in [1.82, 2.24) is 10.0 Å². The summed E-state index contributed by atoms with van der Waals surface area (Å²) in [4.78, 5) is 10.9. The van der Waals surface area contributed by atoms with E-state index in [1.54, 1.807) is 0 Å². The van der Waals surface area contributed by atoms with Crippen LogP contribution in [0.25, 0.3) is 0 Å². The zero-order valence-electron chi connectivity index (χ0n) is 11.6. The van der Waals surface area contributed by atoms with Gasteiger partial charge in [0.05, 0.1) is 12.9 Å². The SMILES string of the molecule is COC(=O)CCCS(=O)(=O)NC(C)C1CCCNC1. The number of methoxy groups -OCH3 is 1. The minimum absolute atomic E-state index is 0.0351. The monoisotopic (exact) mass is 292 g/mol. The first-order chi connectivity index (χ1) is 8.94. The van der Waals surface area contributed by atoms with Crippen LogP contribution >= 0.6 is 0 Å². The molecule has 19 heavy (non-hydrogen) atoms. The van der Waals surface area contributed by atoms with Gasteiger partial charge in [0.1, 0.15) is 0 Å². The predicted octanol–water partition coefficient (Wildman–Crippen LogP) is 0.247. The highest BCUT2D eigenvalue weighted by Gasteiger charge is 2.23. The lowest BCUT2D eigenvalue weighted by Gasteiger charge is -2.28. The Bertz CT molecular complexity index is 377. The van der Waals surface area contributed by atoms with Crippen molar-refractivity contribution in [2.24, 2.45) is 5.92 Å². The number of piperidine rings is 1. The number of ether oxygens (including phenoxy) is 1. The van der Waals surface area contributed by atoms with Crippen LogP contribution in [0.2, 0.25) is 0 Å². The van der Waals surface area contributed by atoms with Crippen LogP contribution in [0, 0.1) is 5.92 Å². The molecule has 0 aromatic carbocycles. The van der Waals surface area contributed by atoms with Gasteiger partial charge in [-0.3, -0.25) is 4.79 Å². The molecule has 1 rings (SSSR count). The van der Waals surface area contributed by atoms with Crippen molar-refractivity contribution in [3.05, 3.63) is 0 Å². The summed E-state index contributed by atoms with van der Waals surface area (Å²) in [6, 6.07) is -0.0732. The van der Waals surface area contributed by atoms with E-state index < -0.39 is 10.0 Å². The number of nitrogens with one attached hydrogen (secondary N) is 2. The summed E-state index contributed by atoms with van der Waals surface area (Å²) in [5, 5.41) is 3.27. The Morgan fingerprint density at radius 1 is 1.53 bits per heavy atom. The molecule has 1 fully saturated rings. The number of carbonyl (C=O) groups is 1. The fourth-order valence-corrected chi connectivity index (χ4v) is 3.65. The summed E-state index contributed by atoms with van der Waals surface area (Å²) in [7, 11) is -2.02. The van der Waals surface area contributed by atoms with Crippen molar-refractivity contribution in [1.29, 1.82) is 0 Å². The molecule has 2 N–H and O–H groups in total. The topological polar surface area (TPSA) is 84.5 Å². The Hall–Kier alpha value is -0.660. The summed E-state index contributed by atoms with van der Waals surface area (Å²) in [6.07, 6.45) is 2.55. The highest BCUT2D eigenvalue weighted by Crippen LogP contribution is 2.15. The third-order valence-electron chi connectivity index (χ3n) is 3.43. The Morgan fingerprint density at radius 2 is 2.26 bits per heavy atom. The van der Waals surface area contributed by atoms with Crippen LogP contribution in [0.4, 0.5) is 0 Å². The Morgan fingerprint density at radius 3 is 2.84 bits per heavy atom. The molecule has 7 heteroatoms. The number of sulfonamides is 1. The fourth-order valence-electron chi connectivity index (χ4n) is 2.25. The van der Waals surface area contributed by atoms with Gasteiger partial charge < -0.3 is 10.1 Å². The van der Waals surface area contributed by atoms with Crippen LogP contribution in [0.15, 0.2) is 0 Å². The van der Waals surface area contributed by atoms with Gasteiger partial charge in [0, 0.05) is 12.5 Å². The maximum Gasteiger partial charge on any atom is 0.305 e. The maximum atomic E-state index is 11.9. The first-order valence-corrected chi connectivity index (χ1v) is 8.37.